The minimum Gasteiger partial charge on any atom is -0.495 e. The van der Waals surface area contributed by atoms with E-state index in [1.54, 1.807) is 24.3 Å². The first-order valence-corrected chi connectivity index (χ1v) is 8.81. The second kappa shape index (κ2) is 6.42. The monoisotopic (exact) mass is 407 g/mol. The van der Waals surface area contributed by atoms with Crippen molar-refractivity contribution in [2.24, 2.45) is 0 Å². The van der Waals surface area contributed by atoms with Crippen molar-refractivity contribution < 1.29 is 14.3 Å². The highest BCUT2D eigenvalue weighted by Gasteiger charge is 2.38. The van der Waals surface area contributed by atoms with Crippen LogP contribution in [0.5, 0.6) is 5.75 Å². The van der Waals surface area contributed by atoms with Crippen LogP contribution in [0.4, 0.5) is 5.69 Å². The number of rotatable bonds is 3. The molecule has 0 aromatic heterocycles. The summed E-state index contributed by atoms with van der Waals surface area (Å²) in [6, 6.07) is 20.4. The van der Waals surface area contributed by atoms with Gasteiger partial charge in [-0.15, -0.1) is 0 Å². The van der Waals surface area contributed by atoms with Crippen molar-refractivity contribution in [3.63, 3.8) is 0 Å². The van der Waals surface area contributed by atoms with E-state index in [-0.39, 0.29) is 11.8 Å². The molecule has 3 aromatic rings. The third-order valence-electron chi connectivity index (χ3n) is 4.38. The largest absolute Gasteiger partial charge is 0.495 e. The smallest absolute Gasteiger partial charge is 0.266 e. The Hall–Kier alpha value is -2.92. The Bertz CT molecular complexity index is 1030. The van der Waals surface area contributed by atoms with Gasteiger partial charge in [-0.1, -0.05) is 52.3 Å². The molecule has 1 aliphatic heterocycles. The number of hydrogen-bond donors (Lipinski definition) is 0. The number of fused-ring (bicyclic) bond motifs is 1. The van der Waals surface area contributed by atoms with Crippen LogP contribution >= 0.6 is 15.9 Å². The lowest BCUT2D eigenvalue weighted by Gasteiger charge is -2.18. The van der Waals surface area contributed by atoms with Crippen LogP contribution in [0.15, 0.2) is 71.2 Å². The van der Waals surface area contributed by atoms with E-state index < -0.39 is 0 Å². The Morgan fingerprint density at radius 2 is 1.54 bits per heavy atom. The van der Waals surface area contributed by atoms with Gasteiger partial charge in [-0.05, 0) is 41.5 Å². The van der Waals surface area contributed by atoms with E-state index in [1.165, 1.54) is 12.0 Å². The van der Waals surface area contributed by atoms with Gasteiger partial charge in [0.15, 0.2) is 0 Å². The first-order valence-electron chi connectivity index (χ1n) is 8.02. The molecule has 0 N–H and O–H groups in total. The number of amides is 2. The fourth-order valence-corrected chi connectivity index (χ4v) is 3.47. The molecule has 0 atom stereocenters. The number of methoxy groups -OCH3 is 1. The average molecular weight is 408 g/mol. The molecule has 0 bridgehead atoms. The minimum atomic E-state index is -0.352. The number of imide groups is 1. The van der Waals surface area contributed by atoms with E-state index in [9.17, 15) is 9.59 Å². The van der Waals surface area contributed by atoms with Gasteiger partial charge in [0.2, 0.25) is 0 Å². The summed E-state index contributed by atoms with van der Waals surface area (Å²) >= 11 is 3.35. The Labute approximate surface area is 159 Å². The maximum atomic E-state index is 12.9. The summed E-state index contributed by atoms with van der Waals surface area (Å²) in [5.41, 5.74) is 3.12. The van der Waals surface area contributed by atoms with Crippen molar-refractivity contribution in [1.29, 1.82) is 0 Å². The summed E-state index contributed by atoms with van der Waals surface area (Å²) in [5, 5.41) is 0. The summed E-state index contributed by atoms with van der Waals surface area (Å²) < 4.78 is 6.17. The van der Waals surface area contributed by atoms with Crippen molar-refractivity contribution in [2.75, 3.05) is 12.0 Å². The standard InChI is InChI=1S/C21H14BrNO3/c1-26-19-10-7-14(13-5-3-2-4-6-13)11-18(19)23-20(24)16-9-8-15(22)12-17(16)21(23)25/h2-12H,1H3. The van der Waals surface area contributed by atoms with Gasteiger partial charge in [-0.2, -0.15) is 0 Å². The van der Waals surface area contributed by atoms with Crippen LogP contribution in [-0.2, 0) is 0 Å². The van der Waals surface area contributed by atoms with E-state index in [2.05, 4.69) is 15.9 Å². The zero-order chi connectivity index (χ0) is 18.3. The van der Waals surface area contributed by atoms with Crippen molar-refractivity contribution in [1.82, 2.24) is 0 Å². The lowest BCUT2D eigenvalue weighted by atomic mass is 10.0. The summed E-state index contributed by atoms with van der Waals surface area (Å²) in [5.74, 6) is -0.228. The highest BCUT2D eigenvalue weighted by molar-refractivity contribution is 9.10. The second-order valence-corrected chi connectivity index (χ2v) is 6.80. The Kier molecular flexibility index (Phi) is 4.09. The van der Waals surface area contributed by atoms with Crippen LogP contribution in [0.25, 0.3) is 11.1 Å². The van der Waals surface area contributed by atoms with E-state index in [4.69, 9.17) is 4.74 Å². The number of hydrogen-bond acceptors (Lipinski definition) is 3. The predicted octanol–water partition coefficient (Wildman–Crippen LogP) is 4.93. The SMILES string of the molecule is COc1ccc(-c2ccccc2)cc1N1C(=O)c2ccc(Br)cc2C1=O. The van der Waals surface area contributed by atoms with Crippen LogP contribution in [0.2, 0.25) is 0 Å². The second-order valence-electron chi connectivity index (χ2n) is 5.89. The minimum absolute atomic E-state index is 0.346. The molecule has 0 fully saturated rings. The molecule has 26 heavy (non-hydrogen) atoms. The molecule has 0 unspecified atom stereocenters. The number of nitrogens with zero attached hydrogens (tertiary/aromatic N) is 1. The molecule has 0 aliphatic carbocycles. The fourth-order valence-electron chi connectivity index (χ4n) is 3.11. The number of benzene rings is 3. The van der Waals surface area contributed by atoms with Crippen molar-refractivity contribution in [3.8, 4) is 16.9 Å². The number of halogens is 1. The van der Waals surface area contributed by atoms with Crippen LogP contribution in [0.3, 0.4) is 0 Å². The van der Waals surface area contributed by atoms with Gasteiger partial charge in [-0.25, -0.2) is 4.90 Å². The number of anilines is 1. The molecular weight excluding hydrogens is 394 g/mol. The molecule has 0 saturated heterocycles. The normalized spacial score (nSPS) is 13.1. The van der Waals surface area contributed by atoms with Gasteiger partial charge in [0.1, 0.15) is 5.75 Å². The van der Waals surface area contributed by atoms with E-state index in [0.29, 0.717) is 22.6 Å². The first-order chi connectivity index (χ1) is 12.6. The Morgan fingerprint density at radius 3 is 2.27 bits per heavy atom. The molecule has 4 rings (SSSR count). The van der Waals surface area contributed by atoms with Gasteiger partial charge in [0.25, 0.3) is 11.8 Å². The van der Waals surface area contributed by atoms with E-state index in [0.717, 1.165) is 15.6 Å². The molecule has 0 saturated carbocycles. The quantitative estimate of drug-likeness (QED) is 0.578. The highest BCUT2D eigenvalue weighted by Crippen LogP contribution is 2.38. The molecular formula is C21H14BrNO3. The van der Waals surface area contributed by atoms with Crippen molar-refractivity contribution >= 4 is 33.4 Å². The zero-order valence-corrected chi connectivity index (χ0v) is 15.5. The summed E-state index contributed by atoms with van der Waals surface area (Å²) in [6.45, 7) is 0. The van der Waals surface area contributed by atoms with Gasteiger partial charge in [0, 0.05) is 4.47 Å². The molecule has 0 radical (unpaired) electrons. The maximum absolute atomic E-state index is 12.9. The number of carbonyl (C=O) groups excluding carboxylic acids is 2. The molecule has 2 amide bonds. The molecule has 3 aromatic carbocycles. The summed E-state index contributed by atoms with van der Waals surface area (Å²) in [6.07, 6.45) is 0. The van der Waals surface area contributed by atoms with Crippen molar-refractivity contribution in [3.05, 3.63) is 82.3 Å². The van der Waals surface area contributed by atoms with Crippen LogP contribution in [0.1, 0.15) is 20.7 Å². The molecule has 0 spiro atoms. The van der Waals surface area contributed by atoms with Crippen LogP contribution in [-0.4, -0.2) is 18.9 Å². The molecule has 1 heterocycles. The highest BCUT2D eigenvalue weighted by atomic mass is 79.9. The molecule has 1 aliphatic rings. The van der Waals surface area contributed by atoms with Crippen LogP contribution < -0.4 is 9.64 Å². The van der Waals surface area contributed by atoms with E-state index >= 15 is 0 Å². The average Bonchev–Trinajstić information content (AvgIpc) is 2.92. The maximum Gasteiger partial charge on any atom is 0.266 e. The topological polar surface area (TPSA) is 46.6 Å². The lowest BCUT2D eigenvalue weighted by Crippen LogP contribution is -2.29. The van der Waals surface area contributed by atoms with Gasteiger partial charge >= 0.3 is 0 Å². The Morgan fingerprint density at radius 1 is 0.808 bits per heavy atom. The third-order valence-corrected chi connectivity index (χ3v) is 4.87. The Balaban J connectivity index is 1.85. The summed E-state index contributed by atoms with van der Waals surface area (Å²) in [4.78, 5) is 27.0. The zero-order valence-electron chi connectivity index (χ0n) is 13.9. The van der Waals surface area contributed by atoms with Gasteiger partial charge in [-0.3, -0.25) is 9.59 Å². The third kappa shape index (κ3) is 2.61. The molecule has 5 heteroatoms. The summed E-state index contributed by atoms with van der Waals surface area (Å²) in [7, 11) is 1.52. The fraction of sp³-hybridized carbons (Fsp3) is 0.0476. The molecule has 4 nitrogen and oxygen atoms in total. The number of ether oxygens (including phenoxy) is 1. The van der Waals surface area contributed by atoms with Crippen molar-refractivity contribution in [2.45, 2.75) is 0 Å². The first kappa shape index (κ1) is 16.5. The number of carbonyl (C=O) groups is 2. The van der Waals surface area contributed by atoms with Gasteiger partial charge in [0.05, 0.1) is 23.9 Å². The van der Waals surface area contributed by atoms with Gasteiger partial charge < -0.3 is 4.74 Å². The predicted molar refractivity (Wildman–Crippen MR) is 104 cm³/mol. The van der Waals surface area contributed by atoms with Crippen LogP contribution in [0, 0.1) is 0 Å². The van der Waals surface area contributed by atoms with E-state index in [1.807, 2.05) is 42.5 Å². The molecule has 128 valence electrons. The lowest BCUT2D eigenvalue weighted by molar-refractivity contribution is 0.0925.